The maximum atomic E-state index is 10.0. The molecule has 0 aliphatic rings. The van der Waals surface area contributed by atoms with Gasteiger partial charge < -0.3 is 25.7 Å². The molecule has 0 rings (SSSR count). The van der Waals surface area contributed by atoms with Crippen molar-refractivity contribution >= 4 is 0 Å². The van der Waals surface area contributed by atoms with E-state index < -0.39 is 30.6 Å². The molecule has 0 radical (unpaired) electrons. The van der Waals surface area contributed by atoms with E-state index in [0.29, 0.717) is 26.2 Å². The summed E-state index contributed by atoms with van der Waals surface area (Å²) >= 11 is 0. The number of hydrogen-bond donors (Lipinski definition) is 7. The standard InChI is InChI=1S/C12H29N3O4/c1-8(16)4-13-7-11(19)12(14-5-9(2)17)15-6-10(3)18/h8-19H,4-7H2,1-3H3. The van der Waals surface area contributed by atoms with Crippen LogP contribution in [0.25, 0.3) is 0 Å². The molecule has 0 aromatic rings. The van der Waals surface area contributed by atoms with Gasteiger partial charge in [-0.05, 0) is 20.8 Å². The van der Waals surface area contributed by atoms with Gasteiger partial charge in [-0.25, -0.2) is 0 Å². The number of rotatable bonds is 11. The van der Waals surface area contributed by atoms with Crippen LogP contribution in [0.4, 0.5) is 0 Å². The monoisotopic (exact) mass is 279 g/mol. The third kappa shape index (κ3) is 11.3. The highest BCUT2D eigenvalue weighted by Gasteiger charge is 2.19. The maximum absolute atomic E-state index is 10.0. The molecule has 4 unspecified atom stereocenters. The quantitative estimate of drug-likeness (QED) is 0.211. The molecule has 0 aromatic heterocycles. The summed E-state index contributed by atoms with van der Waals surface area (Å²) in [6, 6.07) is 0. The Morgan fingerprint density at radius 3 is 1.47 bits per heavy atom. The Hall–Kier alpha value is -0.280. The van der Waals surface area contributed by atoms with Gasteiger partial charge in [0.25, 0.3) is 0 Å². The molecule has 0 saturated heterocycles. The Bertz CT molecular complexity index is 203. The Kier molecular flexibility index (Phi) is 10.3. The average molecular weight is 279 g/mol. The molecule has 0 bridgehead atoms. The number of aliphatic hydroxyl groups excluding tert-OH is 4. The van der Waals surface area contributed by atoms with Crippen LogP contribution in [0, 0.1) is 0 Å². The molecule has 0 aliphatic carbocycles. The maximum Gasteiger partial charge on any atom is 0.0948 e. The van der Waals surface area contributed by atoms with Crippen molar-refractivity contribution in [2.45, 2.75) is 51.4 Å². The second-order valence-electron chi connectivity index (χ2n) is 5.07. The minimum atomic E-state index is -0.740. The van der Waals surface area contributed by atoms with Crippen LogP contribution in [0.1, 0.15) is 20.8 Å². The summed E-state index contributed by atoms with van der Waals surface area (Å²) in [6.45, 7) is 6.34. The largest absolute Gasteiger partial charge is 0.392 e. The first-order valence-electron chi connectivity index (χ1n) is 6.72. The Morgan fingerprint density at radius 2 is 1.11 bits per heavy atom. The number of hydrogen-bond acceptors (Lipinski definition) is 7. The smallest absolute Gasteiger partial charge is 0.0948 e. The van der Waals surface area contributed by atoms with E-state index in [2.05, 4.69) is 16.0 Å². The van der Waals surface area contributed by atoms with Gasteiger partial charge in [0, 0.05) is 26.2 Å². The normalized spacial score (nSPS) is 19.7. The molecule has 0 heterocycles. The fourth-order valence-corrected chi connectivity index (χ4v) is 1.50. The minimum absolute atomic E-state index is 0.301. The van der Waals surface area contributed by atoms with Crippen molar-refractivity contribution in [1.82, 2.24) is 16.0 Å². The Morgan fingerprint density at radius 1 is 0.684 bits per heavy atom. The highest BCUT2D eigenvalue weighted by molar-refractivity contribution is 4.77. The first-order valence-corrected chi connectivity index (χ1v) is 6.72. The van der Waals surface area contributed by atoms with Gasteiger partial charge in [-0.2, -0.15) is 0 Å². The summed E-state index contributed by atoms with van der Waals surface area (Å²) < 4.78 is 0. The van der Waals surface area contributed by atoms with E-state index in [9.17, 15) is 15.3 Å². The van der Waals surface area contributed by atoms with Gasteiger partial charge in [-0.1, -0.05) is 0 Å². The van der Waals surface area contributed by atoms with Gasteiger partial charge in [0.15, 0.2) is 0 Å². The van der Waals surface area contributed by atoms with E-state index in [0.717, 1.165) is 0 Å². The van der Waals surface area contributed by atoms with Gasteiger partial charge in [0.1, 0.15) is 0 Å². The van der Waals surface area contributed by atoms with Crippen molar-refractivity contribution in [2.75, 3.05) is 26.2 Å². The predicted molar refractivity (Wildman–Crippen MR) is 73.7 cm³/mol. The van der Waals surface area contributed by atoms with Gasteiger partial charge in [-0.15, -0.1) is 0 Å². The summed E-state index contributed by atoms with van der Waals surface area (Å²) in [6.07, 6.45) is -2.69. The molecule has 4 atom stereocenters. The van der Waals surface area contributed by atoms with Gasteiger partial charge in [0.2, 0.25) is 0 Å². The molecular weight excluding hydrogens is 250 g/mol. The van der Waals surface area contributed by atoms with Gasteiger partial charge in [0.05, 0.1) is 30.6 Å². The van der Waals surface area contributed by atoms with E-state index in [1.807, 2.05) is 0 Å². The summed E-state index contributed by atoms with van der Waals surface area (Å²) in [7, 11) is 0. The van der Waals surface area contributed by atoms with Crippen LogP contribution in [0.15, 0.2) is 0 Å². The van der Waals surface area contributed by atoms with Crippen molar-refractivity contribution in [3.8, 4) is 0 Å². The lowest BCUT2D eigenvalue weighted by molar-refractivity contribution is 0.0841. The number of aliphatic hydroxyl groups is 4. The SMILES string of the molecule is CC(O)CNCC(O)C(NCC(C)O)NCC(C)O. The molecule has 7 heteroatoms. The summed E-state index contributed by atoms with van der Waals surface area (Å²) in [5, 5.41) is 46.5. The molecule has 7 nitrogen and oxygen atoms in total. The van der Waals surface area contributed by atoms with E-state index in [4.69, 9.17) is 5.11 Å². The van der Waals surface area contributed by atoms with Crippen molar-refractivity contribution in [3.05, 3.63) is 0 Å². The third-order valence-corrected chi connectivity index (χ3v) is 2.44. The Labute approximate surface area is 115 Å². The molecule has 0 fully saturated rings. The molecule has 0 amide bonds. The van der Waals surface area contributed by atoms with E-state index in [-0.39, 0.29) is 0 Å². The van der Waals surface area contributed by atoms with Crippen LogP contribution in [0.5, 0.6) is 0 Å². The van der Waals surface area contributed by atoms with Crippen LogP contribution < -0.4 is 16.0 Å². The zero-order valence-electron chi connectivity index (χ0n) is 12.0. The van der Waals surface area contributed by atoms with Crippen molar-refractivity contribution in [3.63, 3.8) is 0 Å². The molecule has 0 spiro atoms. The van der Waals surface area contributed by atoms with Crippen molar-refractivity contribution < 1.29 is 20.4 Å². The number of nitrogens with one attached hydrogen (secondary N) is 3. The van der Waals surface area contributed by atoms with Crippen LogP contribution in [0.2, 0.25) is 0 Å². The summed E-state index contributed by atoms with van der Waals surface area (Å²) in [5.74, 6) is 0. The van der Waals surface area contributed by atoms with Crippen LogP contribution in [-0.4, -0.2) is 77.2 Å². The molecule has 7 N–H and O–H groups in total. The summed E-state index contributed by atoms with van der Waals surface area (Å²) in [5.41, 5.74) is 0. The zero-order valence-corrected chi connectivity index (χ0v) is 12.0. The zero-order chi connectivity index (χ0) is 14.8. The lowest BCUT2D eigenvalue weighted by atomic mass is 10.2. The first kappa shape index (κ1) is 18.7. The fourth-order valence-electron chi connectivity index (χ4n) is 1.50. The molecule has 19 heavy (non-hydrogen) atoms. The third-order valence-electron chi connectivity index (χ3n) is 2.44. The highest BCUT2D eigenvalue weighted by atomic mass is 16.3. The van der Waals surface area contributed by atoms with Gasteiger partial charge in [-0.3, -0.25) is 10.6 Å². The van der Waals surface area contributed by atoms with Crippen LogP contribution in [-0.2, 0) is 0 Å². The van der Waals surface area contributed by atoms with Crippen molar-refractivity contribution in [2.24, 2.45) is 0 Å². The lowest BCUT2D eigenvalue weighted by Gasteiger charge is -2.27. The molecule has 0 aliphatic heterocycles. The second-order valence-corrected chi connectivity index (χ2v) is 5.07. The topological polar surface area (TPSA) is 117 Å². The lowest BCUT2D eigenvalue weighted by Crippen LogP contribution is -2.56. The Balaban J connectivity index is 4.11. The molecular formula is C12H29N3O4. The highest BCUT2D eigenvalue weighted by Crippen LogP contribution is 1.92. The average Bonchev–Trinajstić information content (AvgIpc) is 2.27. The van der Waals surface area contributed by atoms with Crippen LogP contribution >= 0.6 is 0 Å². The first-order chi connectivity index (χ1) is 8.82. The van der Waals surface area contributed by atoms with E-state index in [1.165, 1.54) is 0 Å². The van der Waals surface area contributed by atoms with Crippen molar-refractivity contribution in [1.29, 1.82) is 0 Å². The van der Waals surface area contributed by atoms with Gasteiger partial charge >= 0.3 is 0 Å². The van der Waals surface area contributed by atoms with Crippen LogP contribution in [0.3, 0.4) is 0 Å². The molecule has 0 saturated carbocycles. The van der Waals surface area contributed by atoms with E-state index in [1.54, 1.807) is 20.8 Å². The second kappa shape index (κ2) is 10.5. The fraction of sp³-hybridized carbons (Fsp3) is 1.00. The molecule has 0 aromatic carbocycles. The summed E-state index contributed by atoms with van der Waals surface area (Å²) in [4.78, 5) is 0. The van der Waals surface area contributed by atoms with E-state index >= 15 is 0 Å². The minimum Gasteiger partial charge on any atom is -0.392 e. The predicted octanol–water partition coefficient (Wildman–Crippen LogP) is -2.42. The molecule has 116 valence electrons.